The maximum Gasteiger partial charge on any atom is 0.343 e. The molecule has 2 aromatic rings. The van der Waals surface area contributed by atoms with E-state index in [2.05, 4.69) is 30.3 Å². The molecule has 0 radical (unpaired) electrons. The lowest BCUT2D eigenvalue weighted by Gasteiger charge is -2.09. The molecule has 2 rings (SSSR count). The second-order valence-corrected chi connectivity index (χ2v) is 3.58. The van der Waals surface area contributed by atoms with E-state index in [1.807, 2.05) is 6.07 Å². The number of ether oxygens (including phenoxy) is 1. The zero-order valence-corrected chi connectivity index (χ0v) is 10.5. The Bertz CT molecular complexity index is 571. The van der Waals surface area contributed by atoms with E-state index in [-0.39, 0.29) is 5.56 Å². The average Bonchev–Trinajstić information content (AvgIpc) is 2.48. The molecule has 0 saturated heterocycles. The van der Waals surface area contributed by atoms with Crippen molar-refractivity contribution in [2.24, 2.45) is 0 Å². The van der Waals surface area contributed by atoms with Gasteiger partial charge in [0.2, 0.25) is 0 Å². The third kappa shape index (κ3) is 2.95. The number of aromatic nitrogens is 3. The minimum atomic E-state index is -0.497. The molecule has 0 spiro atoms. The summed E-state index contributed by atoms with van der Waals surface area (Å²) in [6.07, 6.45) is 4.38. The smallest absolute Gasteiger partial charge is 0.343 e. The summed E-state index contributed by atoms with van der Waals surface area (Å²) in [6.45, 7) is 0. The number of hydrogen-bond donors (Lipinski definition) is 2. The zero-order chi connectivity index (χ0) is 13.7. The Morgan fingerprint density at radius 3 is 2.74 bits per heavy atom. The zero-order valence-electron chi connectivity index (χ0n) is 10.5. The summed E-state index contributed by atoms with van der Waals surface area (Å²) in [6, 6.07) is 3.63. The van der Waals surface area contributed by atoms with Crippen LogP contribution in [-0.2, 0) is 4.74 Å². The van der Waals surface area contributed by atoms with Crippen LogP contribution < -0.4 is 10.6 Å². The first-order chi connectivity index (χ1) is 9.24. The van der Waals surface area contributed by atoms with Gasteiger partial charge in [0.15, 0.2) is 0 Å². The summed E-state index contributed by atoms with van der Waals surface area (Å²) in [5.74, 6) is 0.630. The van der Waals surface area contributed by atoms with Gasteiger partial charge in [0.05, 0.1) is 19.0 Å². The number of pyridine rings is 1. The number of nitrogens with one attached hydrogen (secondary N) is 2. The van der Waals surface area contributed by atoms with Crippen LogP contribution in [0.5, 0.6) is 0 Å². The number of methoxy groups -OCH3 is 1. The first kappa shape index (κ1) is 12.7. The molecule has 98 valence electrons. The van der Waals surface area contributed by atoms with E-state index >= 15 is 0 Å². The lowest BCUT2D eigenvalue weighted by Crippen LogP contribution is -2.08. The SMILES string of the molecule is CNc1ccc(Nc2ncncc2C(=O)OC)cn1. The molecule has 0 fully saturated rings. The quantitative estimate of drug-likeness (QED) is 0.803. The Kier molecular flexibility index (Phi) is 3.87. The van der Waals surface area contributed by atoms with Gasteiger partial charge in [-0.25, -0.2) is 19.7 Å². The van der Waals surface area contributed by atoms with E-state index in [0.29, 0.717) is 11.5 Å². The van der Waals surface area contributed by atoms with Crippen molar-refractivity contribution in [1.82, 2.24) is 15.0 Å². The third-order valence-corrected chi connectivity index (χ3v) is 2.40. The first-order valence-electron chi connectivity index (χ1n) is 5.53. The van der Waals surface area contributed by atoms with Crippen LogP contribution in [0.3, 0.4) is 0 Å². The fourth-order valence-corrected chi connectivity index (χ4v) is 1.44. The molecular formula is C12H13N5O2. The molecule has 19 heavy (non-hydrogen) atoms. The van der Waals surface area contributed by atoms with Gasteiger partial charge in [0, 0.05) is 13.2 Å². The highest BCUT2D eigenvalue weighted by molar-refractivity contribution is 5.94. The number of hydrogen-bond acceptors (Lipinski definition) is 7. The van der Waals surface area contributed by atoms with E-state index in [1.165, 1.54) is 19.6 Å². The van der Waals surface area contributed by atoms with Crippen LogP contribution in [0.25, 0.3) is 0 Å². The van der Waals surface area contributed by atoms with Crippen LogP contribution in [-0.4, -0.2) is 35.1 Å². The van der Waals surface area contributed by atoms with E-state index in [4.69, 9.17) is 0 Å². The van der Waals surface area contributed by atoms with E-state index in [9.17, 15) is 4.79 Å². The molecule has 7 heteroatoms. The van der Waals surface area contributed by atoms with Crippen molar-refractivity contribution in [3.05, 3.63) is 36.4 Å². The minimum absolute atomic E-state index is 0.266. The number of carbonyl (C=O) groups excluding carboxylic acids is 1. The minimum Gasteiger partial charge on any atom is -0.465 e. The third-order valence-electron chi connectivity index (χ3n) is 2.40. The monoisotopic (exact) mass is 259 g/mol. The van der Waals surface area contributed by atoms with Crippen LogP contribution >= 0.6 is 0 Å². The topological polar surface area (TPSA) is 89.0 Å². The van der Waals surface area contributed by atoms with Crippen molar-refractivity contribution in [2.75, 3.05) is 24.8 Å². The van der Waals surface area contributed by atoms with Crippen molar-refractivity contribution in [1.29, 1.82) is 0 Å². The number of carbonyl (C=O) groups is 1. The molecule has 0 aliphatic carbocycles. The van der Waals surface area contributed by atoms with Crippen LogP contribution in [0.2, 0.25) is 0 Å². The van der Waals surface area contributed by atoms with Crippen LogP contribution in [0.1, 0.15) is 10.4 Å². The molecule has 2 aromatic heterocycles. The largest absolute Gasteiger partial charge is 0.465 e. The van der Waals surface area contributed by atoms with Gasteiger partial charge in [-0.15, -0.1) is 0 Å². The molecular weight excluding hydrogens is 246 g/mol. The standard InChI is InChI=1S/C12H13N5O2/c1-13-10-4-3-8(5-15-10)17-11-9(12(18)19-2)6-14-7-16-11/h3-7H,1-2H3,(H,13,15)(H,14,16,17). The lowest BCUT2D eigenvalue weighted by molar-refractivity contribution is 0.0601. The number of rotatable bonds is 4. The summed E-state index contributed by atoms with van der Waals surface area (Å²) in [5.41, 5.74) is 0.977. The molecule has 0 saturated carbocycles. The molecule has 2 N–H and O–H groups in total. The van der Waals surface area contributed by atoms with Crippen molar-refractivity contribution in [2.45, 2.75) is 0 Å². The second kappa shape index (κ2) is 5.76. The summed E-state index contributed by atoms with van der Waals surface area (Å²) < 4.78 is 4.67. The van der Waals surface area contributed by atoms with Gasteiger partial charge in [-0.1, -0.05) is 0 Å². The first-order valence-corrected chi connectivity index (χ1v) is 5.53. The predicted octanol–water partition coefficient (Wildman–Crippen LogP) is 1.44. The molecule has 0 aliphatic rings. The van der Waals surface area contributed by atoms with Gasteiger partial charge in [0.1, 0.15) is 23.5 Å². The molecule has 0 aliphatic heterocycles. The Morgan fingerprint density at radius 1 is 1.26 bits per heavy atom. The summed E-state index contributed by atoms with van der Waals surface area (Å²) in [7, 11) is 3.09. The Labute approximate surface area is 110 Å². The highest BCUT2D eigenvalue weighted by atomic mass is 16.5. The second-order valence-electron chi connectivity index (χ2n) is 3.58. The molecule has 0 atom stereocenters. The predicted molar refractivity (Wildman–Crippen MR) is 70.4 cm³/mol. The number of nitrogens with zero attached hydrogens (tertiary/aromatic N) is 3. The van der Waals surface area contributed by atoms with Crippen LogP contribution in [0.15, 0.2) is 30.9 Å². The maximum absolute atomic E-state index is 11.6. The summed E-state index contributed by atoms with van der Waals surface area (Å²) >= 11 is 0. The van der Waals surface area contributed by atoms with Gasteiger partial charge < -0.3 is 15.4 Å². The summed E-state index contributed by atoms with van der Waals surface area (Å²) in [5, 5.41) is 5.91. The van der Waals surface area contributed by atoms with E-state index in [1.54, 1.807) is 19.3 Å². The Balaban J connectivity index is 2.25. The normalized spacial score (nSPS) is 9.79. The summed E-state index contributed by atoms with van der Waals surface area (Å²) in [4.78, 5) is 23.5. The van der Waals surface area contributed by atoms with Gasteiger partial charge in [-0.3, -0.25) is 0 Å². The molecule has 7 nitrogen and oxygen atoms in total. The highest BCUT2D eigenvalue weighted by Crippen LogP contribution is 2.18. The fourth-order valence-electron chi connectivity index (χ4n) is 1.44. The van der Waals surface area contributed by atoms with Crippen molar-refractivity contribution in [3.63, 3.8) is 0 Å². The van der Waals surface area contributed by atoms with Crippen molar-refractivity contribution < 1.29 is 9.53 Å². The number of esters is 1. The van der Waals surface area contributed by atoms with E-state index < -0.39 is 5.97 Å². The molecule has 0 aromatic carbocycles. The van der Waals surface area contributed by atoms with Crippen molar-refractivity contribution >= 4 is 23.3 Å². The fraction of sp³-hybridized carbons (Fsp3) is 0.167. The Hall–Kier alpha value is -2.70. The van der Waals surface area contributed by atoms with Crippen LogP contribution in [0.4, 0.5) is 17.3 Å². The molecule has 0 unspecified atom stereocenters. The van der Waals surface area contributed by atoms with Gasteiger partial charge in [-0.2, -0.15) is 0 Å². The van der Waals surface area contributed by atoms with E-state index in [0.717, 1.165) is 5.82 Å². The van der Waals surface area contributed by atoms with Gasteiger partial charge in [0.25, 0.3) is 0 Å². The maximum atomic E-state index is 11.6. The molecule has 0 bridgehead atoms. The number of anilines is 3. The van der Waals surface area contributed by atoms with Crippen molar-refractivity contribution in [3.8, 4) is 0 Å². The lowest BCUT2D eigenvalue weighted by atomic mass is 10.3. The molecule has 2 heterocycles. The van der Waals surface area contributed by atoms with Crippen LogP contribution in [0, 0.1) is 0 Å². The highest BCUT2D eigenvalue weighted by Gasteiger charge is 2.13. The molecule has 0 amide bonds. The Morgan fingerprint density at radius 2 is 2.11 bits per heavy atom. The van der Waals surface area contributed by atoms with Gasteiger partial charge in [-0.05, 0) is 12.1 Å². The van der Waals surface area contributed by atoms with Gasteiger partial charge >= 0.3 is 5.97 Å². The average molecular weight is 259 g/mol.